The maximum Gasteiger partial charge on any atom is 0.123 e. The number of hydrazone groups is 1. The quantitative estimate of drug-likeness (QED) is 0.445. The van der Waals surface area contributed by atoms with E-state index >= 15 is 0 Å². The van der Waals surface area contributed by atoms with Gasteiger partial charge in [-0.3, -0.25) is 5.01 Å². The molecule has 0 aromatic heterocycles. The zero-order valence-corrected chi connectivity index (χ0v) is 5.55. The van der Waals surface area contributed by atoms with E-state index in [1.54, 1.807) is 0 Å². The second kappa shape index (κ2) is 1.65. The highest BCUT2D eigenvalue weighted by Gasteiger charge is 2.09. The van der Waals surface area contributed by atoms with Gasteiger partial charge >= 0.3 is 0 Å². The Balaban J connectivity index is 2.59. The van der Waals surface area contributed by atoms with E-state index in [0.29, 0.717) is 0 Å². The van der Waals surface area contributed by atoms with E-state index in [9.17, 15) is 0 Å². The van der Waals surface area contributed by atoms with Crippen LogP contribution in [0.1, 0.15) is 6.92 Å². The van der Waals surface area contributed by atoms with E-state index in [-0.39, 0.29) is 0 Å². The summed E-state index contributed by atoms with van der Waals surface area (Å²) >= 11 is 0. The zero-order chi connectivity index (χ0) is 6.15. The van der Waals surface area contributed by atoms with Crippen molar-refractivity contribution in [1.82, 2.24) is 9.91 Å². The van der Waals surface area contributed by atoms with Crippen LogP contribution in [-0.4, -0.2) is 36.5 Å². The van der Waals surface area contributed by atoms with Crippen molar-refractivity contribution < 1.29 is 0 Å². The number of nitrogens with zero attached hydrogens (tertiary/aromatic N) is 3. The monoisotopic (exact) mass is 113 g/mol. The van der Waals surface area contributed by atoms with Gasteiger partial charge in [0.1, 0.15) is 12.5 Å². The second-order valence-electron chi connectivity index (χ2n) is 2.14. The maximum absolute atomic E-state index is 4.15. The van der Waals surface area contributed by atoms with Crippen LogP contribution in [0.2, 0.25) is 0 Å². The summed E-state index contributed by atoms with van der Waals surface area (Å²) in [6, 6.07) is 0. The minimum atomic E-state index is 0.922. The molecule has 0 N–H and O–H groups in total. The average molecular weight is 113 g/mol. The fourth-order valence-electron chi connectivity index (χ4n) is 0.764. The van der Waals surface area contributed by atoms with Crippen LogP contribution < -0.4 is 0 Å². The first-order valence-corrected chi connectivity index (χ1v) is 2.67. The number of rotatable bonds is 0. The van der Waals surface area contributed by atoms with Gasteiger partial charge in [0, 0.05) is 14.1 Å². The second-order valence-corrected chi connectivity index (χ2v) is 2.14. The Morgan fingerprint density at radius 2 is 2.12 bits per heavy atom. The Labute approximate surface area is 49.6 Å². The summed E-state index contributed by atoms with van der Waals surface area (Å²) in [5, 5.41) is 6.06. The van der Waals surface area contributed by atoms with Gasteiger partial charge in [-0.15, -0.1) is 0 Å². The zero-order valence-electron chi connectivity index (χ0n) is 5.55. The molecule has 0 saturated heterocycles. The van der Waals surface area contributed by atoms with Gasteiger partial charge in [0.2, 0.25) is 0 Å². The molecule has 0 bridgehead atoms. The predicted octanol–water partition coefficient (Wildman–Crippen LogP) is 0.155. The van der Waals surface area contributed by atoms with Gasteiger partial charge in [0.25, 0.3) is 0 Å². The summed E-state index contributed by atoms with van der Waals surface area (Å²) in [7, 11) is 4.00. The summed E-state index contributed by atoms with van der Waals surface area (Å²) < 4.78 is 0. The maximum atomic E-state index is 4.15. The van der Waals surface area contributed by atoms with Gasteiger partial charge in [-0.1, -0.05) is 0 Å². The Morgan fingerprint density at radius 1 is 1.50 bits per heavy atom. The summed E-state index contributed by atoms with van der Waals surface area (Å²) in [4.78, 5) is 2.10. The molecule has 0 fully saturated rings. The van der Waals surface area contributed by atoms with Crippen molar-refractivity contribution in [2.75, 3.05) is 20.8 Å². The Hall–Kier alpha value is -0.730. The average Bonchev–Trinajstić information content (AvgIpc) is 1.85. The third kappa shape index (κ3) is 0.757. The number of amidine groups is 1. The molecular weight excluding hydrogens is 102 g/mol. The number of hydrogen-bond donors (Lipinski definition) is 0. The molecule has 0 spiro atoms. The van der Waals surface area contributed by atoms with E-state index in [0.717, 1.165) is 12.5 Å². The standard InChI is InChI=1S/C5H11N3/c1-5-6-8(3)4-7(5)2/h4H2,1-3H3. The van der Waals surface area contributed by atoms with Crippen LogP contribution in [0, 0.1) is 0 Å². The Kier molecular flexibility index (Phi) is 1.12. The fourth-order valence-corrected chi connectivity index (χ4v) is 0.764. The molecule has 3 heteroatoms. The van der Waals surface area contributed by atoms with Gasteiger partial charge in [-0.2, -0.15) is 5.10 Å². The first kappa shape index (κ1) is 5.41. The molecule has 0 unspecified atom stereocenters. The van der Waals surface area contributed by atoms with Crippen molar-refractivity contribution in [1.29, 1.82) is 0 Å². The van der Waals surface area contributed by atoms with Crippen molar-refractivity contribution in [2.24, 2.45) is 5.10 Å². The lowest BCUT2D eigenvalue weighted by molar-refractivity contribution is 0.302. The SMILES string of the molecule is CC1=NN(C)CN1C. The molecule has 3 nitrogen and oxygen atoms in total. The Morgan fingerprint density at radius 3 is 2.25 bits per heavy atom. The van der Waals surface area contributed by atoms with Crippen LogP contribution in [0.3, 0.4) is 0 Å². The topological polar surface area (TPSA) is 18.8 Å². The van der Waals surface area contributed by atoms with Gasteiger partial charge in [-0.05, 0) is 6.92 Å². The first-order valence-electron chi connectivity index (χ1n) is 2.67. The van der Waals surface area contributed by atoms with Gasteiger partial charge in [0.15, 0.2) is 0 Å². The Bertz CT molecular complexity index is 119. The molecule has 0 aromatic rings. The summed E-state index contributed by atoms with van der Waals surface area (Å²) in [6.07, 6.45) is 0. The molecule has 0 saturated carbocycles. The summed E-state index contributed by atoms with van der Waals surface area (Å²) in [5.74, 6) is 1.09. The lowest BCUT2D eigenvalue weighted by Crippen LogP contribution is -2.23. The smallest absolute Gasteiger partial charge is 0.123 e. The summed E-state index contributed by atoms with van der Waals surface area (Å²) in [5.41, 5.74) is 0. The van der Waals surface area contributed by atoms with Gasteiger partial charge in [0.05, 0.1) is 0 Å². The normalized spacial score (nSPS) is 19.6. The van der Waals surface area contributed by atoms with Gasteiger partial charge in [-0.25, -0.2) is 0 Å². The van der Waals surface area contributed by atoms with E-state index in [1.165, 1.54) is 0 Å². The highest BCUT2D eigenvalue weighted by atomic mass is 15.6. The van der Waals surface area contributed by atoms with Crippen molar-refractivity contribution >= 4 is 5.84 Å². The minimum Gasteiger partial charge on any atom is -0.343 e. The highest BCUT2D eigenvalue weighted by molar-refractivity contribution is 5.80. The molecule has 1 aliphatic heterocycles. The molecule has 1 aliphatic rings. The van der Waals surface area contributed by atoms with Crippen LogP contribution in [0.4, 0.5) is 0 Å². The van der Waals surface area contributed by atoms with Crippen molar-refractivity contribution in [3.63, 3.8) is 0 Å². The fraction of sp³-hybridized carbons (Fsp3) is 0.800. The molecule has 8 heavy (non-hydrogen) atoms. The molecule has 0 aromatic carbocycles. The third-order valence-corrected chi connectivity index (χ3v) is 1.28. The molecule has 46 valence electrons. The molecule has 1 rings (SSSR count). The van der Waals surface area contributed by atoms with E-state index in [4.69, 9.17) is 0 Å². The number of hydrogen-bond acceptors (Lipinski definition) is 3. The largest absolute Gasteiger partial charge is 0.343 e. The molecule has 0 aliphatic carbocycles. The van der Waals surface area contributed by atoms with Crippen LogP contribution >= 0.6 is 0 Å². The lowest BCUT2D eigenvalue weighted by atomic mass is 10.6. The van der Waals surface area contributed by atoms with Gasteiger partial charge < -0.3 is 4.90 Å². The van der Waals surface area contributed by atoms with Crippen LogP contribution in [0.5, 0.6) is 0 Å². The summed E-state index contributed by atoms with van der Waals surface area (Å²) in [6.45, 7) is 2.93. The first-order chi connectivity index (χ1) is 3.70. The molecule has 0 radical (unpaired) electrons. The molecule has 0 atom stereocenters. The van der Waals surface area contributed by atoms with E-state index in [2.05, 4.69) is 10.0 Å². The lowest BCUT2D eigenvalue weighted by Gasteiger charge is -2.10. The van der Waals surface area contributed by atoms with Crippen molar-refractivity contribution in [3.8, 4) is 0 Å². The molecular formula is C5H11N3. The third-order valence-electron chi connectivity index (χ3n) is 1.28. The molecule has 0 amide bonds. The highest BCUT2D eigenvalue weighted by Crippen LogP contribution is 2.00. The molecule has 1 heterocycles. The predicted molar refractivity (Wildman–Crippen MR) is 33.5 cm³/mol. The van der Waals surface area contributed by atoms with Crippen LogP contribution in [-0.2, 0) is 0 Å². The minimum absolute atomic E-state index is 0.922. The van der Waals surface area contributed by atoms with Crippen molar-refractivity contribution in [3.05, 3.63) is 0 Å². The van der Waals surface area contributed by atoms with E-state index < -0.39 is 0 Å². The van der Waals surface area contributed by atoms with Crippen molar-refractivity contribution in [2.45, 2.75) is 6.92 Å². The van der Waals surface area contributed by atoms with Crippen LogP contribution in [0.25, 0.3) is 0 Å². The van der Waals surface area contributed by atoms with E-state index in [1.807, 2.05) is 26.0 Å². The van der Waals surface area contributed by atoms with Crippen LogP contribution in [0.15, 0.2) is 5.10 Å².